The molecule has 0 aliphatic heterocycles. The molecule has 0 saturated heterocycles. The smallest absolute Gasteiger partial charge is 0.870 e. The second-order valence-corrected chi connectivity index (χ2v) is 19.0. The van der Waals surface area contributed by atoms with Crippen LogP contribution in [0.4, 0.5) is 34.1 Å². The Bertz CT molecular complexity index is 3490. The van der Waals surface area contributed by atoms with E-state index in [1.165, 1.54) is 44.6 Å². The van der Waals surface area contributed by atoms with E-state index in [4.69, 9.17) is 32.7 Å². The Labute approximate surface area is 468 Å². The van der Waals surface area contributed by atoms with Crippen molar-refractivity contribution in [3.05, 3.63) is 166 Å². The van der Waals surface area contributed by atoms with Crippen molar-refractivity contribution in [1.82, 2.24) is 0 Å². The summed E-state index contributed by atoms with van der Waals surface area (Å²) in [7, 11) is -6.41. The van der Waals surface area contributed by atoms with Crippen LogP contribution in [0.2, 0.25) is 10.0 Å². The van der Waals surface area contributed by atoms with Gasteiger partial charge in [-0.1, -0.05) is 77.5 Å². The summed E-state index contributed by atoms with van der Waals surface area (Å²) < 4.78 is 77.7. The number of phenolic OH excluding ortho intramolecular Hbond substituents is 1. The maximum Gasteiger partial charge on any atom is 2.00 e. The number of azo groups is 2. The second kappa shape index (κ2) is 23.6. The number of halogens is 2. The van der Waals surface area contributed by atoms with E-state index in [0.717, 1.165) is 6.07 Å². The van der Waals surface area contributed by atoms with Gasteiger partial charge in [0.15, 0.2) is 5.75 Å². The third kappa shape index (κ3) is 13.2. The SMILES string of the molecule is COc1ccc(NC(=O)c2cc3ccccc3c(N=Nc3cc(C)cc(S(=O)(=O)O)c3Cl)c2O)cc1.COc1ccc(NC(=O)c2cc3ccccc3c(N=Nc3cc(C)cc(S(=O)(=O)[O-])c3Cl)c2[O-])cc1.[Ba+2]. The molecule has 18 nitrogen and oxygen atoms in total. The van der Waals surface area contributed by atoms with Crippen molar-refractivity contribution in [2.75, 3.05) is 24.9 Å². The number of aromatic hydroxyl groups is 1. The predicted molar refractivity (Wildman–Crippen MR) is 275 cm³/mol. The van der Waals surface area contributed by atoms with E-state index in [0.29, 0.717) is 55.5 Å². The number of fused-ring (bicyclic) bond motifs is 2. The number of ether oxygens (including phenoxy) is 2. The van der Waals surface area contributed by atoms with E-state index in [9.17, 15) is 45.7 Å². The summed E-state index contributed by atoms with van der Waals surface area (Å²) in [6.45, 7) is 3.16. The molecule has 8 rings (SSSR count). The summed E-state index contributed by atoms with van der Waals surface area (Å²) in [5.74, 6) is -1.13. The van der Waals surface area contributed by atoms with Gasteiger partial charge in [0, 0.05) is 27.7 Å². The number of nitrogens with zero attached hydrogens (tertiary/aromatic N) is 4. The topological polar surface area (TPSA) is 281 Å². The number of hydrogen-bond donors (Lipinski definition) is 4. The molecule has 4 N–H and O–H groups in total. The summed E-state index contributed by atoms with van der Waals surface area (Å²) in [6.07, 6.45) is 0. The second-order valence-electron chi connectivity index (χ2n) is 15.6. The molecule has 0 aliphatic rings. The van der Waals surface area contributed by atoms with Gasteiger partial charge in [0.1, 0.15) is 43.6 Å². The number of amides is 2. The molecule has 2 amide bonds. The maximum absolute atomic E-state index is 13.3. The summed E-state index contributed by atoms with van der Waals surface area (Å²) in [5.41, 5.74) is 1.28. The van der Waals surface area contributed by atoms with Crippen LogP contribution < -0.4 is 25.2 Å². The van der Waals surface area contributed by atoms with Crippen LogP contribution >= 0.6 is 23.2 Å². The minimum absolute atomic E-state index is 0. The largest absolute Gasteiger partial charge is 2.00 e. The number of nitrogens with one attached hydrogen (secondary N) is 2. The summed E-state index contributed by atoms with van der Waals surface area (Å²) in [6, 6.07) is 35.2. The quantitative estimate of drug-likeness (QED) is 0.0505. The van der Waals surface area contributed by atoms with E-state index < -0.39 is 58.4 Å². The third-order valence-electron chi connectivity index (χ3n) is 10.5. The van der Waals surface area contributed by atoms with Gasteiger partial charge in [0.25, 0.3) is 21.9 Å². The maximum atomic E-state index is 13.3. The van der Waals surface area contributed by atoms with Crippen LogP contribution in [0, 0.1) is 13.8 Å². The number of benzene rings is 8. The first-order valence-electron chi connectivity index (χ1n) is 20.9. The Balaban J connectivity index is 0.000000235. The van der Waals surface area contributed by atoms with E-state index in [2.05, 4.69) is 31.1 Å². The number of hydrogen-bond acceptors (Lipinski definition) is 15. The first-order valence-corrected chi connectivity index (χ1v) is 24.5. The standard InChI is InChI=1S/2C25H20ClN3O6S.Ba/c2*1-14-11-20(22(26)21(12-14)36(32,33)34)28-29-23-18-6-4-3-5-15(18)13-19(24(23)30)25(31)27-16-7-9-17(35-2)10-8-16;/h2*3-13,30H,1-2H3,(H,27,31)(H,32,33,34);/q;;+2/p-2. The van der Waals surface area contributed by atoms with Crippen LogP contribution in [0.3, 0.4) is 0 Å². The van der Waals surface area contributed by atoms with Gasteiger partial charge < -0.3 is 34.9 Å². The summed E-state index contributed by atoms with van der Waals surface area (Å²) in [5, 5.41) is 47.2. The molecule has 0 saturated carbocycles. The summed E-state index contributed by atoms with van der Waals surface area (Å²) in [4.78, 5) is 24.8. The summed E-state index contributed by atoms with van der Waals surface area (Å²) >= 11 is 12.3. The monoisotopic (exact) mass is 1190 g/mol. The fourth-order valence-electron chi connectivity index (χ4n) is 7.07. The third-order valence-corrected chi connectivity index (χ3v) is 13.3. The van der Waals surface area contributed by atoms with E-state index in [-0.39, 0.29) is 87.8 Å². The van der Waals surface area contributed by atoms with Crippen molar-refractivity contribution < 1.29 is 55.2 Å². The molecule has 0 atom stereocenters. The van der Waals surface area contributed by atoms with Crippen LogP contribution in [-0.4, -0.2) is 106 Å². The Kier molecular flexibility index (Phi) is 18.1. The van der Waals surface area contributed by atoms with E-state index in [1.54, 1.807) is 111 Å². The number of carbonyl (C=O) groups excluding carboxylic acids is 2. The van der Waals surface area contributed by atoms with Crippen molar-refractivity contribution in [1.29, 1.82) is 0 Å². The van der Waals surface area contributed by atoms with Crippen LogP contribution in [0.15, 0.2) is 164 Å². The molecule has 0 spiro atoms. The van der Waals surface area contributed by atoms with Gasteiger partial charge in [-0.05, 0) is 121 Å². The van der Waals surface area contributed by atoms with E-state index >= 15 is 0 Å². The van der Waals surface area contributed by atoms with Gasteiger partial charge in [0.2, 0.25) is 0 Å². The van der Waals surface area contributed by atoms with Crippen LogP contribution in [0.1, 0.15) is 31.8 Å². The minimum Gasteiger partial charge on any atom is -0.870 e. The number of rotatable bonds is 12. The molecule has 0 aromatic heterocycles. The van der Waals surface area contributed by atoms with E-state index in [1.807, 2.05) is 0 Å². The number of aryl methyl sites for hydroxylation is 2. The molecule has 0 fully saturated rings. The molecule has 8 aromatic carbocycles. The normalized spacial score (nSPS) is 11.5. The van der Waals surface area contributed by atoms with Crippen molar-refractivity contribution in [3.63, 3.8) is 0 Å². The van der Waals surface area contributed by atoms with Crippen molar-refractivity contribution in [3.8, 4) is 23.0 Å². The number of methoxy groups -OCH3 is 2. The van der Waals surface area contributed by atoms with Crippen LogP contribution in [-0.2, 0) is 20.2 Å². The molecule has 0 radical (unpaired) electrons. The van der Waals surface area contributed by atoms with Gasteiger partial charge in [-0.15, -0.1) is 15.3 Å². The molecular formula is C50H38BaCl2N6O12S2. The molecule has 0 unspecified atom stereocenters. The van der Waals surface area contributed by atoms with Gasteiger partial charge in [0.05, 0.1) is 40.4 Å². The van der Waals surface area contributed by atoms with Crippen molar-refractivity contribution >= 4 is 160 Å². The van der Waals surface area contributed by atoms with Gasteiger partial charge >= 0.3 is 48.9 Å². The molecule has 8 aromatic rings. The Morgan fingerprint density at radius 3 is 1.47 bits per heavy atom. The minimum atomic E-state index is -4.86. The molecule has 0 heterocycles. The Hall–Kier alpha value is -6.41. The fraction of sp³-hybridized carbons (Fsp3) is 0.0800. The molecule has 73 heavy (non-hydrogen) atoms. The van der Waals surface area contributed by atoms with Gasteiger partial charge in [-0.25, -0.2) is 8.42 Å². The number of anilines is 2. The first kappa shape index (κ1) is 55.9. The Morgan fingerprint density at radius 1 is 0.589 bits per heavy atom. The average Bonchev–Trinajstić information content (AvgIpc) is 3.34. The van der Waals surface area contributed by atoms with Crippen molar-refractivity contribution in [2.24, 2.45) is 20.5 Å². The first-order chi connectivity index (χ1) is 34.2. The zero-order valence-electron chi connectivity index (χ0n) is 38.7. The van der Waals surface area contributed by atoms with Crippen LogP contribution in [0.5, 0.6) is 23.0 Å². The predicted octanol–water partition coefficient (Wildman–Crippen LogP) is 11.5. The molecule has 23 heteroatoms. The molecule has 368 valence electrons. The Morgan fingerprint density at radius 2 is 1.00 bits per heavy atom. The average molecular weight is 1190 g/mol. The zero-order chi connectivity index (χ0) is 52.1. The zero-order valence-corrected chi connectivity index (χ0v) is 46.3. The van der Waals surface area contributed by atoms with Gasteiger partial charge in [-0.3, -0.25) is 14.1 Å². The molecular weight excluding hydrogens is 1150 g/mol. The van der Waals surface area contributed by atoms with Gasteiger partial charge in [-0.2, -0.15) is 13.5 Å². The molecule has 0 aliphatic carbocycles. The number of phenols is 1. The number of carbonyl (C=O) groups is 2. The van der Waals surface area contributed by atoms with Crippen molar-refractivity contribution in [2.45, 2.75) is 23.6 Å². The fourth-order valence-corrected chi connectivity index (χ4v) is 9.26. The van der Waals surface area contributed by atoms with Crippen LogP contribution in [0.25, 0.3) is 21.5 Å². The molecule has 0 bridgehead atoms.